The number of ether oxygens (including phenoxy) is 1. The molecule has 2 aliphatic heterocycles. The molecule has 4 aromatic rings. The summed E-state index contributed by atoms with van der Waals surface area (Å²) in [7, 11) is 1.23. The second-order valence-electron chi connectivity index (χ2n) is 11.0. The number of rotatable bonds is 7. The number of carboxylic acid groups (broad SMARTS) is 1. The highest BCUT2D eigenvalue weighted by Crippen LogP contribution is 2.51. The molecule has 0 bridgehead atoms. The van der Waals surface area contributed by atoms with Gasteiger partial charge in [-0.15, -0.1) is 0 Å². The molecular formula is C32H26F3N3O6. The first-order valence-corrected chi connectivity index (χ1v) is 13.7. The fourth-order valence-electron chi connectivity index (χ4n) is 6.47. The number of nitrogens with one attached hydrogen (secondary N) is 2. The summed E-state index contributed by atoms with van der Waals surface area (Å²) in [5.41, 5.74) is -0.900. The van der Waals surface area contributed by atoms with Crippen molar-refractivity contribution in [2.45, 2.75) is 30.7 Å². The number of para-hydroxylation sites is 1. The van der Waals surface area contributed by atoms with Gasteiger partial charge in [-0.05, 0) is 47.0 Å². The SMILES string of the molecule is COC(=O)c1ccc(CN2C(=O)C3C(c4cccc(C(F)(F)F)c4)NC(Cc4c[nH]c5ccccc45)(C(=O)O)C3C2=O)cc1. The van der Waals surface area contributed by atoms with Gasteiger partial charge in [0.2, 0.25) is 11.8 Å². The minimum atomic E-state index is -4.68. The molecule has 3 heterocycles. The molecule has 3 N–H and O–H groups in total. The van der Waals surface area contributed by atoms with E-state index in [-0.39, 0.29) is 24.1 Å². The van der Waals surface area contributed by atoms with Gasteiger partial charge in [0.15, 0.2) is 0 Å². The van der Waals surface area contributed by atoms with Crippen LogP contribution in [-0.2, 0) is 38.3 Å². The lowest BCUT2D eigenvalue weighted by Gasteiger charge is -2.31. The number of amides is 2. The Hall–Kier alpha value is -4.97. The summed E-state index contributed by atoms with van der Waals surface area (Å²) in [4.78, 5) is 57.1. The molecule has 44 heavy (non-hydrogen) atoms. The second kappa shape index (κ2) is 10.6. The number of likely N-dealkylation sites (tertiary alicyclic amines) is 1. The number of esters is 1. The molecule has 4 atom stereocenters. The Morgan fingerprint density at radius 3 is 2.41 bits per heavy atom. The lowest BCUT2D eigenvalue weighted by Crippen LogP contribution is -2.57. The van der Waals surface area contributed by atoms with Crippen LogP contribution in [0.3, 0.4) is 0 Å². The predicted molar refractivity (Wildman–Crippen MR) is 150 cm³/mol. The number of methoxy groups -OCH3 is 1. The summed E-state index contributed by atoms with van der Waals surface area (Å²) in [5, 5.41) is 14.4. The normalized spacial score (nSPS) is 23.3. The summed E-state index contributed by atoms with van der Waals surface area (Å²) in [5.74, 6) is -6.14. The van der Waals surface area contributed by atoms with Gasteiger partial charge in [0.05, 0.1) is 36.6 Å². The smallest absolute Gasteiger partial charge is 0.416 e. The van der Waals surface area contributed by atoms with Crippen LogP contribution in [0.15, 0.2) is 79.0 Å². The first-order chi connectivity index (χ1) is 20.9. The summed E-state index contributed by atoms with van der Waals surface area (Å²) < 4.78 is 45.7. The Labute approximate surface area is 248 Å². The number of aliphatic carboxylic acids is 1. The summed E-state index contributed by atoms with van der Waals surface area (Å²) in [6.07, 6.45) is -3.27. The Morgan fingerprint density at radius 1 is 1.00 bits per heavy atom. The molecule has 12 heteroatoms. The highest BCUT2D eigenvalue weighted by atomic mass is 19.4. The third-order valence-electron chi connectivity index (χ3n) is 8.56. The van der Waals surface area contributed by atoms with Crippen molar-refractivity contribution in [1.82, 2.24) is 15.2 Å². The molecule has 0 radical (unpaired) electrons. The van der Waals surface area contributed by atoms with Crippen molar-refractivity contribution in [3.63, 3.8) is 0 Å². The van der Waals surface area contributed by atoms with E-state index < -0.39 is 58.9 Å². The fraction of sp³-hybridized carbons (Fsp3) is 0.250. The maximum atomic E-state index is 14.1. The average molecular weight is 606 g/mol. The molecule has 9 nitrogen and oxygen atoms in total. The van der Waals surface area contributed by atoms with Gasteiger partial charge < -0.3 is 14.8 Å². The van der Waals surface area contributed by atoms with Crippen LogP contribution < -0.4 is 5.32 Å². The van der Waals surface area contributed by atoms with E-state index in [0.29, 0.717) is 16.5 Å². The molecule has 3 aromatic carbocycles. The maximum Gasteiger partial charge on any atom is 0.416 e. The molecule has 1 aromatic heterocycles. The van der Waals surface area contributed by atoms with E-state index in [1.165, 1.54) is 31.4 Å². The largest absolute Gasteiger partial charge is 0.480 e. The number of aromatic amines is 1. The van der Waals surface area contributed by atoms with E-state index >= 15 is 0 Å². The zero-order valence-electron chi connectivity index (χ0n) is 23.2. The number of hydrogen-bond acceptors (Lipinski definition) is 6. The number of imide groups is 1. The maximum absolute atomic E-state index is 14.1. The Morgan fingerprint density at radius 2 is 1.73 bits per heavy atom. The van der Waals surface area contributed by atoms with E-state index in [1.807, 2.05) is 0 Å². The summed E-state index contributed by atoms with van der Waals surface area (Å²) in [6.45, 7) is -0.218. The van der Waals surface area contributed by atoms with Gasteiger partial charge in [-0.2, -0.15) is 13.2 Å². The monoisotopic (exact) mass is 605 g/mol. The summed E-state index contributed by atoms with van der Waals surface area (Å²) in [6, 6.07) is 16.3. The van der Waals surface area contributed by atoms with Crippen LogP contribution >= 0.6 is 0 Å². The Bertz CT molecular complexity index is 1800. The number of halogens is 3. The fourth-order valence-corrected chi connectivity index (χ4v) is 6.47. The summed E-state index contributed by atoms with van der Waals surface area (Å²) >= 11 is 0. The van der Waals surface area contributed by atoms with E-state index in [0.717, 1.165) is 22.5 Å². The minimum Gasteiger partial charge on any atom is -0.480 e. The predicted octanol–water partition coefficient (Wildman–Crippen LogP) is 4.49. The van der Waals surface area contributed by atoms with Gasteiger partial charge in [-0.1, -0.05) is 42.5 Å². The lowest BCUT2D eigenvalue weighted by atomic mass is 9.76. The second-order valence-corrected chi connectivity index (χ2v) is 11.0. The number of nitrogens with zero attached hydrogens (tertiary/aromatic N) is 1. The van der Waals surface area contributed by atoms with Gasteiger partial charge in [-0.3, -0.25) is 24.6 Å². The molecule has 0 spiro atoms. The van der Waals surface area contributed by atoms with Crippen LogP contribution in [0.1, 0.15) is 38.7 Å². The van der Waals surface area contributed by atoms with Crippen molar-refractivity contribution in [3.8, 4) is 0 Å². The molecule has 2 saturated heterocycles. The number of alkyl halides is 3. The van der Waals surface area contributed by atoms with Crippen LogP contribution in [0.4, 0.5) is 13.2 Å². The van der Waals surface area contributed by atoms with Gasteiger partial charge in [-0.25, -0.2) is 4.79 Å². The van der Waals surface area contributed by atoms with Gasteiger partial charge in [0, 0.05) is 29.6 Å². The van der Waals surface area contributed by atoms with Crippen molar-refractivity contribution in [1.29, 1.82) is 0 Å². The number of aromatic nitrogens is 1. The van der Waals surface area contributed by atoms with Crippen LogP contribution in [0, 0.1) is 11.8 Å². The van der Waals surface area contributed by atoms with E-state index in [2.05, 4.69) is 10.3 Å². The van der Waals surface area contributed by atoms with Crippen molar-refractivity contribution in [2.24, 2.45) is 11.8 Å². The zero-order chi connectivity index (χ0) is 31.4. The molecule has 2 aliphatic rings. The van der Waals surface area contributed by atoms with Gasteiger partial charge in [0.1, 0.15) is 5.54 Å². The Balaban J connectivity index is 1.44. The third-order valence-corrected chi connectivity index (χ3v) is 8.56. The van der Waals surface area contributed by atoms with Gasteiger partial charge >= 0.3 is 18.1 Å². The van der Waals surface area contributed by atoms with Crippen molar-refractivity contribution in [3.05, 3.63) is 107 Å². The molecule has 0 aliphatic carbocycles. The average Bonchev–Trinajstić information content (AvgIpc) is 3.65. The van der Waals surface area contributed by atoms with Gasteiger partial charge in [0.25, 0.3) is 0 Å². The van der Waals surface area contributed by atoms with Crippen LogP contribution in [-0.4, -0.2) is 51.4 Å². The number of hydrogen-bond donors (Lipinski definition) is 3. The zero-order valence-corrected chi connectivity index (χ0v) is 23.2. The van der Waals surface area contributed by atoms with E-state index in [1.54, 1.807) is 42.6 Å². The minimum absolute atomic E-state index is 0.0438. The number of carboxylic acids is 1. The molecular weight excluding hydrogens is 579 g/mol. The molecule has 2 amide bonds. The highest BCUT2D eigenvalue weighted by molar-refractivity contribution is 6.09. The first-order valence-electron chi connectivity index (χ1n) is 13.7. The highest BCUT2D eigenvalue weighted by Gasteiger charge is 2.68. The van der Waals surface area contributed by atoms with Crippen molar-refractivity contribution in [2.75, 3.05) is 7.11 Å². The molecule has 6 rings (SSSR count). The van der Waals surface area contributed by atoms with Crippen LogP contribution in [0.2, 0.25) is 0 Å². The standard InChI is InChI=1S/C32H26F3N3O6/c1-44-29(41)18-11-9-17(10-12-18)16-38-27(39)24-25(28(38)40)31(30(42)43,14-20-15-36-23-8-3-2-7-22(20)23)37-26(24)19-5-4-6-21(13-19)32(33,34)35/h2-13,15,24-26,36-37H,14,16H2,1H3,(H,42,43). The van der Waals surface area contributed by atoms with E-state index in [9.17, 15) is 37.5 Å². The molecule has 226 valence electrons. The number of benzene rings is 3. The van der Waals surface area contributed by atoms with E-state index in [4.69, 9.17) is 4.74 Å². The number of carbonyl (C=O) groups is 4. The van der Waals surface area contributed by atoms with Crippen LogP contribution in [0.25, 0.3) is 10.9 Å². The van der Waals surface area contributed by atoms with Crippen molar-refractivity contribution < 1.29 is 42.2 Å². The third kappa shape index (κ3) is 4.71. The molecule has 0 saturated carbocycles. The number of fused-ring (bicyclic) bond motifs is 2. The first kappa shape index (κ1) is 29.1. The van der Waals surface area contributed by atoms with Crippen molar-refractivity contribution >= 4 is 34.7 Å². The van der Waals surface area contributed by atoms with Crippen LogP contribution in [0.5, 0.6) is 0 Å². The topological polar surface area (TPSA) is 129 Å². The quantitative estimate of drug-likeness (QED) is 0.209. The molecule has 2 fully saturated rings. The Kier molecular flexibility index (Phi) is 7.04. The number of carbonyl (C=O) groups excluding carboxylic acids is 3. The number of H-pyrrole nitrogens is 1. The molecule has 4 unspecified atom stereocenters. The lowest BCUT2D eigenvalue weighted by molar-refractivity contribution is -0.151.